The highest BCUT2D eigenvalue weighted by Crippen LogP contribution is 2.37. The van der Waals surface area contributed by atoms with E-state index >= 15 is 0 Å². The lowest BCUT2D eigenvalue weighted by Crippen LogP contribution is -2.04. The Balaban J connectivity index is 3.37. The number of hydrogen-bond acceptors (Lipinski definition) is 4. The maximum Gasteiger partial charge on any atom is 0.312 e. The van der Waals surface area contributed by atoms with Crippen molar-refractivity contribution < 1.29 is 14.8 Å². The third kappa shape index (κ3) is 3.19. The van der Waals surface area contributed by atoms with Crippen LogP contribution in [0.2, 0.25) is 0 Å². The Kier molecular flexibility index (Phi) is 4.49. The first-order chi connectivity index (χ1) is 7.97. The van der Waals surface area contributed by atoms with Crippen molar-refractivity contribution in [2.45, 2.75) is 13.0 Å². The second-order valence-electron chi connectivity index (χ2n) is 3.27. The monoisotopic (exact) mass is 299 g/mol. The highest BCUT2D eigenvalue weighted by atomic mass is 79.9. The number of aliphatic hydroxyl groups excluding tert-OH is 1. The van der Waals surface area contributed by atoms with Crippen molar-refractivity contribution in [3.8, 4) is 18.1 Å². The molecule has 0 saturated heterocycles. The topological polar surface area (TPSA) is 72.6 Å². The van der Waals surface area contributed by atoms with Crippen molar-refractivity contribution in [3.05, 3.63) is 32.3 Å². The zero-order chi connectivity index (χ0) is 13.0. The number of nitro benzene ring substituents is 1. The van der Waals surface area contributed by atoms with E-state index in [4.69, 9.17) is 11.2 Å². The molecule has 1 atom stereocenters. The zero-order valence-corrected chi connectivity index (χ0v) is 10.6. The van der Waals surface area contributed by atoms with Crippen LogP contribution in [0.1, 0.15) is 18.6 Å². The molecule has 0 aliphatic rings. The van der Waals surface area contributed by atoms with Crippen LogP contribution in [0.3, 0.4) is 0 Å². The minimum Gasteiger partial charge on any atom is -0.473 e. The minimum absolute atomic E-state index is 0.00569. The predicted octanol–water partition coefficient (Wildman–Crippen LogP) is 2.42. The molecule has 17 heavy (non-hydrogen) atoms. The number of halogens is 1. The van der Waals surface area contributed by atoms with Gasteiger partial charge in [0.2, 0.25) is 5.75 Å². The molecule has 1 unspecified atom stereocenters. The fourth-order valence-corrected chi connectivity index (χ4v) is 1.78. The molecule has 6 heteroatoms. The van der Waals surface area contributed by atoms with Gasteiger partial charge in [-0.25, -0.2) is 0 Å². The van der Waals surface area contributed by atoms with E-state index in [-0.39, 0.29) is 18.0 Å². The number of nitrogens with zero attached hydrogens (tertiary/aromatic N) is 1. The summed E-state index contributed by atoms with van der Waals surface area (Å²) in [5.41, 5.74) is 0.0897. The first-order valence-corrected chi connectivity index (χ1v) is 5.48. The van der Waals surface area contributed by atoms with Crippen LogP contribution in [0, 0.1) is 22.5 Å². The number of aliphatic hydroxyl groups is 1. The number of benzene rings is 1. The quantitative estimate of drug-likeness (QED) is 0.526. The van der Waals surface area contributed by atoms with Gasteiger partial charge in [0.1, 0.15) is 6.61 Å². The van der Waals surface area contributed by atoms with E-state index in [9.17, 15) is 15.2 Å². The van der Waals surface area contributed by atoms with Gasteiger partial charge in [0, 0.05) is 16.1 Å². The molecule has 0 bridgehead atoms. The molecule has 90 valence electrons. The fourth-order valence-electron chi connectivity index (χ4n) is 1.32. The van der Waals surface area contributed by atoms with Crippen LogP contribution in [0.15, 0.2) is 16.6 Å². The predicted molar refractivity (Wildman–Crippen MR) is 65.8 cm³/mol. The number of hydrogen-bond donors (Lipinski definition) is 1. The fraction of sp³-hybridized carbons (Fsp3) is 0.273. The van der Waals surface area contributed by atoms with Crippen molar-refractivity contribution >= 4 is 21.6 Å². The van der Waals surface area contributed by atoms with Crippen LogP contribution in [-0.4, -0.2) is 16.6 Å². The van der Waals surface area contributed by atoms with Crippen LogP contribution in [0.4, 0.5) is 5.69 Å². The van der Waals surface area contributed by atoms with Gasteiger partial charge in [-0.3, -0.25) is 10.1 Å². The molecular weight excluding hydrogens is 290 g/mol. The first kappa shape index (κ1) is 13.5. The molecule has 0 aliphatic heterocycles. The van der Waals surface area contributed by atoms with Crippen LogP contribution in [-0.2, 0) is 0 Å². The summed E-state index contributed by atoms with van der Waals surface area (Å²) in [5, 5.41) is 20.4. The summed E-state index contributed by atoms with van der Waals surface area (Å²) in [6, 6.07) is 2.86. The zero-order valence-electron chi connectivity index (χ0n) is 9.01. The number of rotatable bonds is 4. The second kappa shape index (κ2) is 5.66. The number of nitro groups is 1. The van der Waals surface area contributed by atoms with Crippen molar-refractivity contribution in [3.63, 3.8) is 0 Å². The average molecular weight is 300 g/mol. The Hall–Kier alpha value is -1.58. The average Bonchev–Trinajstić information content (AvgIpc) is 2.26. The van der Waals surface area contributed by atoms with Crippen molar-refractivity contribution in [2.24, 2.45) is 0 Å². The molecule has 1 aromatic carbocycles. The summed E-state index contributed by atoms with van der Waals surface area (Å²) in [6.07, 6.45) is 4.15. The Morgan fingerprint density at radius 1 is 1.71 bits per heavy atom. The van der Waals surface area contributed by atoms with Crippen molar-refractivity contribution in [1.29, 1.82) is 0 Å². The molecule has 5 nitrogen and oxygen atoms in total. The van der Waals surface area contributed by atoms with Crippen LogP contribution in [0.25, 0.3) is 0 Å². The van der Waals surface area contributed by atoms with E-state index in [0.717, 1.165) is 0 Å². The van der Waals surface area contributed by atoms with Crippen LogP contribution >= 0.6 is 15.9 Å². The molecule has 0 saturated carbocycles. The third-order valence-corrected chi connectivity index (χ3v) is 2.47. The Morgan fingerprint density at radius 2 is 2.35 bits per heavy atom. The summed E-state index contributed by atoms with van der Waals surface area (Å²) < 4.78 is 5.63. The Labute approximate surface area is 107 Å². The van der Waals surface area contributed by atoms with Gasteiger partial charge in [-0.2, -0.15) is 0 Å². The molecule has 1 rings (SSSR count). The number of terminal acetylenes is 1. The molecule has 0 fully saturated rings. The normalized spacial score (nSPS) is 11.6. The lowest BCUT2D eigenvalue weighted by Gasteiger charge is -2.12. The smallest absolute Gasteiger partial charge is 0.312 e. The lowest BCUT2D eigenvalue weighted by molar-refractivity contribution is -0.386. The summed E-state index contributed by atoms with van der Waals surface area (Å²) in [5.74, 6) is 2.23. The maximum absolute atomic E-state index is 10.9. The van der Waals surface area contributed by atoms with Gasteiger partial charge in [-0.05, 0) is 13.0 Å². The van der Waals surface area contributed by atoms with Crippen molar-refractivity contribution in [2.75, 3.05) is 6.61 Å². The van der Waals surface area contributed by atoms with Gasteiger partial charge >= 0.3 is 5.69 Å². The van der Waals surface area contributed by atoms with E-state index in [1.807, 2.05) is 0 Å². The van der Waals surface area contributed by atoms with Crippen molar-refractivity contribution in [1.82, 2.24) is 0 Å². The Morgan fingerprint density at radius 3 is 2.82 bits per heavy atom. The molecule has 1 aromatic rings. The number of ether oxygens (including phenoxy) is 1. The summed E-state index contributed by atoms with van der Waals surface area (Å²) in [4.78, 5) is 10.3. The van der Waals surface area contributed by atoms with Gasteiger partial charge in [0.05, 0.1) is 11.0 Å². The summed E-state index contributed by atoms with van der Waals surface area (Å²) >= 11 is 3.14. The van der Waals surface area contributed by atoms with Gasteiger partial charge in [-0.15, -0.1) is 6.42 Å². The first-order valence-electron chi connectivity index (χ1n) is 4.69. The van der Waals surface area contributed by atoms with Gasteiger partial charge in [0.25, 0.3) is 0 Å². The van der Waals surface area contributed by atoms with E-state index in [0.29, 0.717) is 10.0 Å². The molecule has 0 radical (unpaired) electrons. The van der Waals surface area contributed by atoms with E-state index in [2.05, 4.69) is 21.9 Å². The molecule has 0 aliphatic carbocycles. The molecule has 0 aromatic heterocycles. The molecule has 0 heterocycles. The van der Waals surface area contributed by atoms with E-state index < -0.39 is 11.0 Å². The van der Waals surface area contributed by atoms with E-state index in [1.54, 1.807) is 6.07 Å². The molecule has 1 N–H and O–H groups in total. The SMILES string of the molecule is C#CCOc1c(C(C)O)cc(Br)cc1[N+](=O)[O-]. The highest BCUT2D eigenvalue weighted by molar-refractivity contribution is 9.10. The molecule has 0 spiro atoms. The minimum atomic E-state index is -0.890. The van der Waals surface area contributed by atoms with Crippen LogP contribution in [0.5, 0.6) is 5.75 Å². The highest BCUT2D eigenvalue weighted by Gasteiger charge is 2.23. The van der Waals surface area contributed by atoms with Gasteiger partial charge < -0.3 is 9.84 Å². The standard InChI is InChI=1S/C11H10BrNO4/c1-3-4-17-11-9(7(2)14)5-8(12)6-10(11)13(15)16/h1,5-7,14H,4H2,2H3. The second-order valence-corrected chi connectivity index (χ2v) is 4.18. The summed E-state index contributed by atoms with van der Waals surface area (Å²) in [6.45, 7) is 1.40. The largest absolute Gasteiger partial charge is 0.473 e. The lowest BCUT2D eigenvalue weighted by atomic mass is 10.1. The third-order valence-electron chi connectivity index (χ3n) is 2.01. The summed E-state index contributed by atoms with van der Waals surface area (Å²) in [7, 11) is 0. The molecular formula is C11H10BrNO4. The molecule has 0 amide bonds. The maximum atomic E-state index is 10.9. The van der Waals surface area contributed by atoms with E-state index in [1.165, 1.54) is 13.0 Å². The van der Waals surface area contributed by atoms with Crippen LogP contribution < -0.4 is 4.74 Å². The Bertz CT molecular complexity index is 479. The van der Waals surface area contributed by atoms with Gasteiger partial charge in [0.15, 0.2) is 0 Å². The van der Waals surface area contributed by atoms with Gasteiger partial charge in [-0.1, -0.05) is 21.9 Å².